The predicted molar refractivity (Wildman–Crippen MR) is 23.6 cm³/mol. The Balaban J connectivity index is 3.85. The smallest absolute Gasteiger partial charge is 0.253 e. The average molecular weight is 127 g/mol. The van der Waals surface area contributed by atoms with Crippen molar-refractivity contribution in [3.8, 4) is 0 Å². The van der Waals surface area contributed by atoms with Gasteiger partial charge in [-0.15, -0.1) is 0 Å². The molecule has 3 N–H and O–H groups in total. The van der Waals surface area contributed by atoms with Gasteiger partial charge in [0.25, 0.3) is 10.2 Å². The number of nitrogens with two attached hydrogens (primary N) is 1. The van der Waals surface area contributed by atoms with Crippen LogP contribution >= 0.6 is 0 Å². The molecule has 0 rings (SSSR count). The van der Waals surface area contributed by atoms with Gasteiger partial charge in [-0.05, 0) is 0 Å². The number of hydrogen-bond donors (Lipinski definition) is 2. The summed E-state index contributed by atoms with van der Waals surface area (Å²) in [7, 11) is -3.60. The Bertz CT molecular complexity index is 112. The first kappa shape index (κ1) is 6.22. The Morgan fingerprint density at radius 3 is 1.83 bits per heavy atom. The summed E-state index contributed by atoms with van der Waals surface area (Å²) in [5.74, 6) is 0. The maximum absolute atomic E-state index is 9.56. The highest BCUT2D eigenvalue weighted by Crippen LogP contribution is 1.55. The fourth-order valence-electron chi connectivity index (χ4n) is 0. The van der Waals surface area contributed by atoms with Gasteiger partial charge in [0.1, 0.15) is 0 Å². The van der Waals surface area contributed by atoms with E-state index >= 15 is 0 Å². The van der Waals surface area contributed by atoms with Gasteiger partial charge in [0.15, 0.2) is 0 Å². The molecule has 0 aromatic heterocycles. The second kappa shape index (κ2) is 1.78. The molecule has 0 unspecified atom stereocenters. The van der Waals surface area contributed by atoms with Crippen LogP contribution in [0.5, 0.6) is 0 Å². The van der Waals surface area contributed by atoms with Gasteiger partial charge < -0.3 is 16.9 Å². The molecule has 0 saturated carbocycles. The maximum atomic E-state index is 9.56. The van der Waals surface area contributed by atoms with Crippen LogP contribution in [0.2, 0.25) is 0 Å². The van der Waals surface area contributed by atoms with Gasteiger partial charge >= 0.3 is 0 Å². The van der Waals surface area contributed by atoms with Crippen molar-refractivity contribution < 1.29 is 8.42 Å². The molecule has 0 aromatic rings. The average Bonchev–Trinajstić information content (AvgIpc) is 1.35. The zero-order valence-electron chi connectivity index (χ0n) is 2.71. The third-order valence-electron chi connectivity index (χ3n) is 0.116. The second-order valence-corrected chi connectivity index (χ2v) is 2.39. The molecule has 0 aliphatic rings. The molecular formula is H3N2O2S2-. The third-order valence-corrected chi connectivity index (χ3v) is 1.05. The molecule has 0 bridgehead atoms. The van der Waals surface area contributed by atoms with E-state index in [0.29, 0.717) is 0 Å². The van der Waals surface area contributed by atoms with E-state index in [1.54, 1.807) is 0 Å². The van der Waals surface area contributed by atoms with Crippen LogP contribution in [-0.4, -0.2) is 8.42 Å². The van der Waals surface area contributed by atoms with Crippen LogP contribution in [0.1, 0.15) is 0 Å². The van der Waals surface area contributed by atoms with Gasteiger partial charge in [-0.1, -0.05) is 0 Å². The molecule has 0 spiro atoms. The first-order chi connectivity index (χ1) is 2.56. The summed E-state index contributed by atoms with van der Waals surface area (Å²) in [6.45, 7) is 0. The van der Waals surface area contributed by atoms with Crippen molar-refractivity contribution in [1.29, 1.82) is 0 Å². The lowest BCUT2D eigenvalue weighted by Gasteiger charge is -1.99. The Hall–Kier alpha value is 0.220. The first-order valence-electron chi connectivity index (χ1n) is 0.977. The molecule has 6 heavy (non-hydrogen) atoms. The van der Waals surface area contributed by atoms with Crippen molar-refractivity contribution in [3.05, 3.63) is 0 Å². The molecule has 0 saturated heterocycles. The third kappa shape index (κ3) is 4.22. The molecule has 0 atom stereocenters. The van der Waals surface area contributed by atoms with Crippen molar-refractivity contribution in [2.75, 3.05) is 0 Å². The van der Waals surface area contributed by atoms with E-state index in [0.717, 1.165) is 0 Å². The van der Waals surface area contributed by atoms with Crippen molar-refractivity contribution in [2.24, 2.45) is 5.14 Å². The fraction of sp³-hybridized carbons (Fsp3) is 0. The number of rotatable bonds is 1. The van der Waals surface area contributed by atoms with Gasteiger partial charge in [0.2, 0.25) is 0 Å². The van der Waals surface area contributed by atoms with Gasteiger partial charge in [0, 0.05) is 0 Å². The van der Waals surface area contributed by atoms with Gasteiger partial charge in [0.05, 0.1) is 0 Å². The summed E-state index contributed by atoms with van der Waals surface area (Å²) < 4.78 is 20.6. The van der Waals surface area contributed by atoms with Crippen LogP contribution < -0.4 is 9.27 Å². The minimum absolute atomic E-state index is 1.44. The van der Waals surface area contributed by atoms with Crippen molar-refractivity contribution in [1.82, 2.24) is 4.13 Å². The number of hydrogen-bond acceptors (Lipinski definition) is 3. The molecule has 4 nitrogen and oxygen atoms in total. The predicted octanol–water partition coefficient (Wildman–Crippen LogP) is -1.76. The molecule has 0 fully saturated rings. The molecule has 38 valence electrons. The van der Waals surface area contributed by atoms with E-state index in [2.05, 4.69) is 18.0 Å². The van der Waals surface area contributed by atoms with Crippen molar-refractivity contribution >= 4 is 23.0 Å². The summed E-state index contributed by atoms with van der Waals surface area (Å²) >= 11 is 3.83. The monoisotopic (exact) mass is 127 g/mol. The molecule has 6 heteroatoms. The normalized spacial score (nSPS) is 11.7. The Labute approximate surface area is 41.5 Å². The number of nitrogens with one attached hydrogen (secondary N) is 1. The molecular weight excluding hydrogens is 124 g/mol. The minimum Gasteiger partial charge on any atom is -0.687 e. The summed E-state index contributed by atoms with van der Waals surface area (Å²) in [5, 5.41) is 4.29. The minimum atomic E-state index is -3.60. The lowest BCUT2D eigenvalue weighted by atomic mass is 13.9. The fourth-order valence-corrected chi connectivity index (χ4v) is 0. The summed E-state index contributed by atoms with van der Waals surface area (Å²) in [4.78, 5) is 0. The highest BCUT2D eigenvalue weighted by Gasteiger charge is 1.81. The van der Waals surface area contributed by atoms with Crippen molar-refractivity contribution in [3.63, 3.8) is 0 Å². The van der Waals surface area contributed by atoms with Crippen molar-refractivity contribution in [2.45, 2.75) is 0 Å². The quantitative estimate of drug-likeness (QED) is 0.410. The molecule has 0 radical (unpaired) electrons. The Morgan fingerprint density at radius 2 is 1.83 bits per heavy atom. The van der Waals surface area contributed by atoms with Crippen LogP contribution in [0.3, 0.4) is 0 Å². The van der Waals surface area contributed by atoms with E-state index in [9.17, 15) is 8.42 Å². The van der Waals surface area contributed by atoms with Crippen LogP contribution in [0.4, 0.5) is 0 Å². The van der Waals surface area contributed by atoms with E-state index in [4.69, 9.17) is 0 Å². The first-order valence-corrected chi connectivity index (χ1v) is 2.93. The summed E-state index contributed by atoms with van der Waals surface area (Å²) in [6.07, 6.45) is 0. The SMILES string of the molecule is NS(=O)(=O)N[S-]. The van der Waals surface area contributed by atoms with Gasteiger partial charge in [-0.2, -0.15) is 8.42 Å². The molecule has 0 amide bonds. The van der Waals surface area contributed by atoms with Crippen LogP contribution in [-0.2, 0) is 23.0 Å². The highest BCUT2D eigenvalue weighted by atomic mass is 32.3. The lowest BCUT2D eigenvalue weighted by Crippen LogP contribution is -2.25. The van der Waals surface area contributed by atoms with Crippen LogP contribution in [0.15, 0.2) is 0 Å². The molecule has 0 aromatic carbocycles. The Morgan fingerprint density at radius 1 is 1.67 bits per heavy atom. The lowest BCUT2D eigenvalue weighted by molar-refractivity contribution is 0.596. The van der Waals surface area contributed by atoms with Crippen LogP contribution in [0, 0.1) is 0 Å². The second-order valence-electron chi connectivity index (χ2n) is 0.628. The zero-order valence-corrected chi connectivity index (χ0v) is 4.34. The van der Waals surface area contributed by atoms with Crippen LogP contribution in [0.25, 0.3) is 0 Å². The molecule has 0 aliphatic heterocycles. The summed E-state index contributed by atoms with van der Waals surface area (Å²) in [5.41, 5.74) is 0. The standard InChI is InChI=1S/H3N2O2S2/c1-6(3,4)2-5/h2H,(H2,1,3,4)/q-1. The van der Waals surface area contributed by atoms with E-state index < -0.39 is 10.2 Å². The molecule has 0 heterocycles. The van der Waals surface area contributed by atoms with Gasteiger partial charge in [-0.3, -0.25) is 0 Å². The van der Waals surface area contributed by atoms with E-state index in [1.807, 2.05) is 0 Å². The van der Waals surface area contributed by atoms with E-state index in [1.165, 1.54) is 4.13 Å². The largest absolute Gasteiger partial charge is 0.687 e. The zero-order chi connectivity index (χ0) is 5.21. The Kier molecular flexibility index (Phi) is 1.85. The highest BCUT2D eigenvalue weighted by molar-refractivity contribution is 7.93. The van der Waals surface area contributed by atoms with Gasteiger partial charge in [-0.25, -0.2) is 5.14 Å². The van der Waals surface area contributed by atoms with E-state index in [-0.39, 0.29) is 0 Å². The topological polar surface area (TPSA) is 72.2 Å². The summed E-state index contributed by atoms with van der Waals surface area (Å²) in [6, 6.07) is 0. The maximum Gasteiger partial charge on any atom is 0.253 e. The molecule has 0 aliphatic carbocycles.